The number of nitrogens with zero attached hydrogens (tertiary/aromatic N) is 3. The van der Waals surface area contributed by atoms with Crippen LogP contribution in [0.2, 0.25) is 10.0 Å². The molecule has 8 nitrogen and oxygen atoms in total. The molecule has 4 heterocycles. The Balaban J connectivity index is 1.48. The van der Waals surface area contributed by atoms with E-state index in [9.17, 15) is 13.2 Å². The molecule has 0 aliphatic carbocycles. The fraction of sp³-hybridized carbons (Fsp3) is 0.560. The fourth-order valence-electron chi connectivity index (χ4n) is 4.65. The number of rotatable bonds is 9. The number of ether oxygens (including phenoxy) is 1. The Morgan fingerprint density at radius 3 is 2.72 bits per heavy atom. The molecule has 2 saturated heterocycles. The van der Waals surface area contributed by atoms with Crippen LogP contribution in [0.1, 0.15) is 38.3 Å². The Morgan fingerprint density at radius 1 is 1.19 bits per heavy atom. The van der Waals surface area contributed by atoms with Gasteiger partial charge < -0.3 is 10.1 Å². The summed E-state index contributed by atoms with van der Waals surface area (Å²) in [4.78, 5) is 22.1. The van der Waals surface area contributed by atoms with Crippen molar-refractivity contribution in [3.05, 3.63) is 40.1 Å². The summed E-state index contributed by atoms with van der Waals surface area (Å²) in [5, 5.41) is 4.23. The first-order valence-corrected chi connectivity index (χ1v) is 14.8. The van der Waals surface area contributed by atoms with Crippen LogP contribution in [0.25, 0.3) is 11.3 Å². The average molecular weight is 556 g/mol. The van der Waals surface area contributed by atoms with Crippen molar-refractivity contribution in [1.29, 1.82) is 0 Å². The maximum atomic E-state index is 13.1. The lowest BCUT2D eigenvalue weighted by atomic mass is 9.92. The van der Waals surface area contributed by atoms with Crippen molar-refractivity contribution < 1.29 is 17.9 Å². The Kier molecular flexibility index (Phi) is 9.22. The van der Waals surface area contributed by atoms with Gasteiger partial charge in [-0.1, -0.05) is 23.2 Å². The molecule has 0 bridgehead atoms. The average Bonchev–Trinajstić information content (AvgIpc) is 2.90. The first-order chi connectivity index (χ1) is 17.3. The lowest BCUT2D eigenvalue weighted by molar-refractivity contribution is -0.123. The van der Waals surface area contributed by atoms with E-state index in [1.165, 1.54) is 10.5 Å². The summed E-state index contributed by atoms with van der Waals surface area (Å²) in [5.74, 6) is 0.890. The predicted molar refractivity (Wildman–Crippen MR) is 142 cm³/mol. The summed E-state index contributed by atoms with van der Waals surface area (Å²) in [7, 11) is -3.32. The van der Waals surface area contributed by atoms with Gasteiger partial charge in [-0.05, 0) is 56.7 Å². The molecule has 0 aromatic carbocycles. The molecule has 0 radical (unpaired) electrons. The van der Waals surface area contributed by atoms with Crippen LogP contribution in [0.15, 0.2) is 24.4 Å². The van der Waals surface area contributed by atoms with Crippen molar-refractivity contribution in [1.82, 2.24) is 14.3 Å². The largest absolute Gasteiger partial charge is 0.381 e. The number of aromatic nitrogens is 2. The Labute approximate surface area is 222 Å². The predicted octanol–water partition coefficient (Wildman–Crippen LogP) is 4.46. The minimum atomic E-state index is -3.32. The van der Waals surface area contributed by atoms with Gasteiger partial charge in [0.25, 0.3) is 0 Å². The SMILES string of the molecule is CCS(=O)(=O)N1CCC[C@H](C(=O)Cc2cc(-c3nc(NCC4CCOCC4)ccc3Cl)c(Cl)cn2)C1. The van der Waals surface area contributed by atoms with Crippen LogP contribution >= 0.6 is 23.2 Å². The van der Waals surface area contributed by atoms with Crippen LogP contribution in [0.3, 0.4) is 0 Å². The molecule has 11 heteroatoms. The topological polar surface area (TPSA) is 101 Å². The number of carbonyl (C=O) groups is 1. The van der Waals surface area contributed by atoms with Gasteiger partial charge in [0.05, 0.1) is 21.5 Å². The summed E-state index contributed by atoms with van der Waals surface area (Å²) >= 11 is 13.0. The number of nitrogens with one attached hydrogen (secondary N) is 1. The van der Waals surface area contributed by atoms with Gasteiger partial charge in [0, 0.05) is 62.6 Å². The standard InChI is InChI=1S/C25H32Cl2N4O4S/c1-2-36(33,34)31-9-3-4-18(16-31)23(32)13-19-12-20(22(27)15-28-19)25-21(26)5-6-24(30-25)29-14-17-7-10-35-11-8-17/h5-6,12,15,17-18H,2-4,7-11,13-14,16H2,1H3,(H,29,30)/t18-/m0/s1. The van der Waals surface area contributed by atoms with E-state index >= 15 is 0 Å². The van der Waals surface area contributed by atoms with Crippen molar-refractivity contribution in [2.75, 3.05) is 43.9 Å². The number of hydrogen-bond acceptors (Lipinski definition) is 7. The number of hydrogen-bond donors (Lipinski definition) is 1. The van der Waals surface area contributed by atoms with Crippen LogP contribution in [0, 0.1) is 11.8 Å². The van der Waals surface area contributed by atoms with Gasteiger partial charge in [-0.2, -0.15) is 0 Å². The van der Waals surface area contributed by atoms with E-state index in [-0.39, 0.29) is 30.4 Å². The van der Waals surface area contributed by atoms with E-state index in [4.69, 9.17) is 32.9 Å². The Morgan fingerprint density at radius 2 is 1.97 bits per heavy atom. The molecule has 2 aliphatic heterocycles. The highest BCUT2D eigenvalue weighted by Crippen LogP contribution is 2.33. The molecule has 2 aliphatic rings. The van der Waals surface area contributed by atoms with E-state index < -0.39 is 10.0 Å². The quantitative estimate of drug-likeness (QED) is 0.488. The van der Waals surface area contributed by atoms with E-state index in [0.29, 0.717) is 58.1 Å². The van der Waals surface area contributed by atoms with Gasteiger partial charge in [0.1, 0.15) is 11.6 Å². The van der Waals surface area contributed by atoms with E-state index in [0.717, 1.165) is 32.6 Å². The summed E-state index contributed by atoms with van der Waals surface area (Å²) in [6.45, 7) is 4.68. The number of sulfonamides is 1. The van der Waals surface area contributed by atoms with Crippen LogP contribution in [-0.2, 0) is 26.0 Å². The Bertz CT molecular complexity index is 1190. The number of Topliss-reactive ketones (excluding diaryl/α,β-unsaturated/α-hetero) is 1. The van der Waals surface area contributed by atoms with Crippen LogP contribution in [-0.4, -0.2) is 67.1 Å². The highest BCUT2D eigenvalue weighted by molar-refractivity contribution is 7.89. The summed E-state index contributed by atoms with van der Waals surface area (Å²) in [6.07, 6.45) is 4.97. The zero-order chi connectivity index (χ0) is 25.7. The normalized spacial score (nSPS) is 19.8. The van der Waals surface area contributed by atoms with E-state index in [2.05, 4.69) is 10.3 Å². The molecular formula is C25H32Cl2N4O4S. The summed E-state index contributed by atoms with van der Waals surface area (Å²) in [6, 6.07) is 5.37. The van der Waals surface area contributed by atoms with Crippen LogP contribution < -0.4 is 5.32 Å². The molecule has 36 heavy (non-hydrogen) atoms. The number of anilines is 1. The molecule has 0 unspecified atom stereocenters. The van der Waals surface area contributed by atoms with Gasteiger partial charge >= 0.3 is 0 Å². The molecule has 0 amide bonds. The van der Waals surface area contributed by atoms with Crippen molar-refractivity contribution >= 4 is 44.8 Å². The third-order valence-corrected chi connectivity index (χ3v) is 9.33. The smallest absolute Gasteiger partial charge is 0.213 e. The Hall–Kier alpha value is -1.78. The molecule has 2 fully saturated rings. The molecule has 2 aromatic heterocycles. The number of piperidine rings is 1. The van der Waals surface area contributed by atoms with E-state index in [1.54, 1.807) is 19.1 Å². The van der Waals surface area contributed by atoms with Gasteiger partial charge in [-0.25, -0.2) is 17.7 Å². The maximum Gasteiger partial charge on any atom is 0.213 e. The van der Waals surface area contributed by atoms with Gasteiger partial charge in [-0.15, -0.1) is 0 Å². The lowest BCUT2D eigenvalue weighted by Gasteiger charge is -2.30. The highest BCUT2D eigenvalue weighted by Gasteiger charge is 2.31. The third kappa shape index (κ3) is 6.75. The molecule has 4 rings (SSSR count). The molecule has 2 aromatic rings. The third-order valence-electron chi connectivity index (χ3n) is 6.88. The van der Waals surface area contributed by atoms with Crippen LogP contribution in [0.5, 0.6) is 0 Å². The molecule has 0 spiro atoms. The van der Waals surface area contributed by atoms with Gasteiger partial charge in [0.2, 0.25) is 10.0 Å². The van der Waals surface area contributed by atoms with Crippen molar-refractivity contribution in [2.45, 2.75) is 39.0 Å². The molecular weight excluding hydrogens is 523 g/mol. The molecule has 196 valence electrons. The zero-order valence-electron chi connectivity index (χ0n) is 20.4. The lowest BCUT2D eigenvalue weighted by Crippen LogP contribution is -2.43. The summed E-state index contributed by atoms with van der Waals surface area (Å²) in [5.41, 5.74) is 1.67. The zero-order valence-corrected chi connectivity index (χ0v) is 22.7. The monoisotopic (exact) mass is 554 g/mol. The number of pyridine rings is 2. The van der Waals surface area contributed by atoms with Crippen LogP contribution in [0.4, 0.5) is 5.82 Å². The van der Waals surface area contributed by atoms with Crippen molar-refractivity contribution in [3.63, 3.8) is 0 Å². The molecule has 1 atom stereocenters. The van der Waals surface area contributed by atoms with Gasteiger partial charge in [-0.3, -0.25) is 9.78 Å². The maximum absolute atomic E-state index is 13.1. The minimum Gasteiger partial charge on any atom is -0.381 e. The second-order valence-corrected chi connectivity index (χ2v) is 12.4. The number of ketones is 1. The fourth-order valence-corrected chi connectivity index (χ4v) is 6.23. The van der Waals surface area contributed by atoms with Gasteiger partial charge in [0.15, 0.2) is 0 Å². The van der Waals surface area contributed by atoms with Crippen molar-refractivity contribution in [3.8, 4) is 11.3 Å². The van der Waals surface area contributed by atoms with Crippen molar-refractivity contribution in [2.24, 2.45) is 11.8 Å². The number of carbonyl (C=O) groups excluding carboxylic acids is 1. The highest BCUT2D eigenvalue weighted by atomic mass is 35.5. The van der Waals surface area contributed by atoms with E-state index in [1.807, 2.05) is 6.07 Å². The first-order valence-electron chi connectivity index (χ1n) is 12.4. The number of halogens is 2. The minimum absolute atomic E-state index is 0.0299. The first kappa shape index (κ1) is 27.3. The second kappa shape index (κ2) is 12.2. The summed E-state index contributed by atoms with van der Waals surface area (Å²) < 4.78 is 31.4. The second-order valence-electron chi connectivity index (χ2n) is 9.36. The molecule has 0 saturated carbocycles. The molecule has 1 N–H and O–H groups in total.